The summed E-state index contributed by atoms with van der Waals surface area (Å²) in [6.45, 7) is -0.244. The Morgan fingerprint density at radius 2 is 2.42 bits per heavy atom. The normalized spacial score (nSPS) is 16.0. The van der Waals surface area contributed by atoms with Gasteiger partial charge in [-0.15, -0.1) is 0 Å². The smallest absolute Gasteiger partial charge is 0.113 e. The van der Waals surface area contributed by atoms with Crippen molar-refractivity contribution in [2.24, 2.45) is 12.8 Å². The number of nitrogens with two attached hydrogens (primary N) is 1. The van der Waals surface area contributed by atoms with Crippen LogP contribution in [0.1, 0.15) is 11.8 Å². The Morgan fingerprint density at radius 3 is 2.83 bits per heavy atom. The zero-order chi connectivity index (χ0) is 9.14. The average molecular weight is 171 g/mol. The van der Waals surface area contributed by atoms with E-state index in [4.69, 9.17) is 10.8 Å². The molecule has 0 amide bonds. The van der Waals surface area contributed by atoms with Crippen LogP contribution in [0.25, 0.3) is 0 Å². The molecule has 0 bridgehead atoms. The summed E-state index contributed by atoms with van der Waals surface area (Å²) in [6.07, 6.45) is 0.713. The van der Waals surface area contributed by atoms with E-state index < -0.39 is 12.1 Å². The molecule has 0 aliphatic heterocycles. The van der Waals surface area contributed by atoms with Crippen LogP contribution in [-0.2, 0) is 7.05 Å². The van der Waals surface area contributed by atoms with E-state index in [1.54, 1.807) is 19.3 Å². The number of aromatic nitrogens is 2. The molecule has 1 rings (SSSR count). The van der Waals surface area contributed by atoms with Crippen molar-refractivity contribution in [3.05, 3.63) is 18.0 Å². The van der Waals surface area contributed by atoms with Gasteiger partial charge in [-0.1, -0.05) is 0 Å². The van der Waals surface area contributed by atoms with Gasteiger partial charge in [-0.25, -0.2) is 0 Å². The van der Waals surface area contributed by atoms with E-state index in [0.29, 0.717) is 5.69 Å². The minimum atomic E-state index is -0.859. The quantitative estimate of drug-likeness (QED) is 0.532. The Hall–Kier alpha value is -0.910. The van der Waals surface area contributed by atoms with Crippen LogP contribution >= 0.6 is 0 Å². The lowest BCUT2D eigenvalue weighted by Gasteiger charge is -2.16. The number of aryl methyl sites for hydroxylation is 1. The summed E-state index contributed by atoms with van der Waals surface area (Å²) < 4.78 is 1.53. The first-order valence-electron chi connectivity index (χ1n) is 3.69. The van der Waals surface area contributed by atoms with E-state index in [-0.39, 0.29) is 6.61 Å². The van der Waals surface area contributed by atoms with Crippen LogP contribution in [0, 0.1) is 0 Å². The minimum absolute atomic E-state index is 0.244. The van der Waals surface area contributed by atoms with E-state index in [0.717, 1.165) is 0 Å². The summed E-state index contributed by atoms with van der Waals surface area (Å²) in [6, 6.07) is 1.01. The first-order valence-corrected chi connectivity index (χ1v) is 3.69. The van der Waals surface area contributed by atoms with Crippen molar-refractivity contribution in [1.82, 2.24) is 9.78 Å². The van der Waals surface area contributed by atoms with Gasteiger partial charge in [0.2, 0.25) is 0 Å². The fraction of sp³-hybridized carbons (Fsp3) is 0.571. The molecule has 0 aromatic carbocycles. The molecule has 0 fully saturated rings. The summed E-state index contributed by atoms with van der Waals surface area (Å²) >= 11 is 0. The number of hydrogen-bond donors (Lipinski definition) is 3. The van der Waals surface area contributed by atoms with Crippen molar-refractivity contribution in [1.29, 1.82) is 0 Å². The second-order valence-corrected chi connectivity index (χ2v) is 2.67. The predicted octanol–water partition coefficient (Wildman–Crippen LogP) is -1.23. The number of rotatable bonds is 3. The highest BCUT2D eigenvalue weighted by Crippen LogP contribution is 2.13. The van der Waals surface area contributed by atoms with E-state index >= 15 is 0 Å². The third kappa shape index (κ3) is 1.63. The van der Waals surface area contributed by atoms with Gasteiger partial charge in [0.05, 0.1) is 18.3 Å². The maximum absolute atomic E-state index is 9.51. The molecule has 5 nitrogen and oxygen atoms in total. The predicted molar refractivity (Wildman–Crippen MR) is 43.2 cm³/mol. The molecule has 2 unspecified atom stereocenters. The van der Waals surface area contributed by atoms with Gasteiger partial charge in [0, 0.05) is 13.2 Å². The maximum Gasteiger partial charge on any atom is 0.113 e. The maximum atomic E-state index is 9.51. The second kappa shape index (κ2) is 3.66. The zero-order valence-corrected chi connectivity index (χ0v) is 6.88. The van der Waals surface area contributed by atoms with Gasteiger partial charge in [0.1, 0.15) is 6.10 Å². The van der Waals surface area contributed by atoms with Gasteiger partial charge in [0.15, 0.2) is 0 Å². The summed E-state index contributed by atoms with van der Waals surface area (Å²) in [4.78, 5) is 0. The molecule has 0 saturated carbocycles. The number of hydrogen-bond acceptors (Lipinski definition) is 4. The highest BCUT2D eigenvalue weighted by Gasteiger charge is 2.18. The number of aliphatic hydroxyl groups is 2. The van der Waals surface area contributed by atoms with Gasteiger partial charge in [-0.3, -0.25) is 4.68 Å². The lowest BCUT2D eigenvalue weighted by Crippen LogP contribution is -2.33. The van der Waals surface area contributed by atoms with Gasteiger partial charge >= 0.3 is 0 Å². The highest BCUT2D eigenvalue weighted by molar-refractivity contribution is 5.06. The Kier molecular flexibility index (Phi) is 2.80. The summed E-state index contributed by atoms with van der Waals surface area (Å²) in [5, 5.41) is 22.1. The molecule has 68 valence electrons. The molecular weight excluding hydrogens is 158 g/mol. The molecule has 0 spiro atoms. The average Bonchev–Trinajstić information content (AvgIpc) is 2.48. The fourth-order valence-electron chi connectivity index (χ4n) is 0.993. The van der Waals surface area contributed by atoms with E-state index in [2.05, 4.69) is 5.10 Å². The number of aliphatic hydroxyl groups excluding tert-OH is 2. The van der Waals surface area contributed by atoms with Crippen LogP contribution in [-0.4, -0.2) is 32.6 Å². The molecule has 2 atom stereocenters. The minimum Gasteiger partial charge on any atom is -0.395 e. The molecule has 0 aliphatic rings. The monoisotopic (exact) mass is 171 g/mol. The van der Waals surface area contributed by atoms with Gasteiger partial charge in [0.25, 0.3) is 0 Å². The molecule has 1 aromatic rings. The Bertz CT molecular complexity index is 249. The van der Waals surface area contributed by atoms with Crippen molar-refractivity contribution in [2.75, 3.05) is 6.61 Å². The molecule has 0 saturated heterocycles. The molecule has 0 radical (unpaired) electrons. The van der Waals surface area contributed by atoms with Gasteiger partial charge < -0.3 is 15.9 Å². The highest BCUT2D eigenvalue weighted by atomic mass is 16.3. The van der Waals surface area contributed by atoms with Gasteiger partial charge in [-0.2, -0.15) is 5.10 Å². The van der Waals surface area contributed by atoms with Crippen LogP contribution in [0.4, 0.5) is 0 Å². The Morgan fingerprint density at radius 1 is 1.75 bits per heavy atom. The van der Waals surface area contributed by atoms with Crippen LogP contribution in [0.5, 0.6) is 0 Å². The summed E-state index contributed by atoms with van der Waals surface area (Å²) in [7, 11) is 1.71. The van der Waals surface area contributed by atoms with Crippen molar-refractivity contribution < 1.29 is 10.2 Å². The van der Waals surface area contributed by atoms with Crippen LogP contribution in [0.3, 0.4) is 0 Å². The van der Waals surface area contributed by atoms with E-state index in [9.17, 15) is 5.11 Å². The van der Waals surface area contributed by atoms with E-state index in [1.165, 1.54) is 4.68 Å². The first kappa shape index (κ1) is 9.18. The third-order valence-corrected chi connectivity index (χ3v) is 1.78. The SMILES string of the molecule is Cn1nccc1C(O)C(N)CO. The van der Waals surface area contributed by atoms with E-state index in [1.807, 2.05) is 0 Å². The lowest BCUT2D eigenvalue weighted by molar-refractivity contribution is 0.103. The van der Waals surface area contributed by atoms with Gasteiger partial charge in [-0.05, 0) is 6.07 Å². The molecule has 1 heterocycles. The topological polar surface area (TPSA) is 84.3 Å². The van der Waals surface area contributed by atoms with Crippen LogP contribution in [0.2, 0.25) is 0 Å². The largest absolute Gasteiger partial charge is 0.395 e. The van der Waals surface area contributed by atoms with Crippen LogP contribution in [0.15, 0.2) is 12.3 Å². The molecule has 1 aromatic heterocycles. The van der Waals surface area contributed by atoms with Crippen molar-refractivity contribution in [3.8, 4) is 0 Å². The number of nitrogens with zero attached hydrogens (tertiary/aromatic N) is 2. The molecule has 0 aliphatic carbocycles. The van der Waals surface area contributed by atoms with Crippen LogP contribution < -0.4 is 5.73 Å². The lowest BCUT2D eigenvalue weighted by atomic mass is 10.1. The zero-order valence-electron chi connectivity index (χ0n) is 6.88. The van der Waals surface area contributed by atoms with Crippen molar-refractivity contribution >= 4 is 0 Å². The second-order valence-electron chi connectivity index (χ2n) is 2.67. The summed E-state index contributed by atoms with van der Waals surface area (Å²) in [5.74, 6) is 0. The molecule has 5 heteroatoms. The molecule has 12 heavy (non-hydrogen) atoms. The van der Waals surface area contributed by atoms with Crippen molar-refractivity contribution in [2.45, 2.75) is 12.1 Å². The summed E-state index contributed by atoms with van der Waals surface area (Å²) in [5.41, 5.74) is 6.04. The van der Waals surface area contributed by atoms with Crippen molar-refractivity contribution in [3.63, 3.8) is 0 Å². The third-order valence-electron chi connectivity index (χ3n) is 1.78. The standard InChI is InChI=1S/C7H13N3O2/c1-10-6(2-3-9-10)7(12)5(8)4-11/h2-3,5,7,11-12H,4,8H2,1H3. The Balaban J connectivity index is 2.77. The fourth-order valence-corrected chi connectivity index (χ4v) is 0.993. The Labute approximate surface area is 70.4 Å². The molecular formula is C7H13N3O2. The molecule has 4 N–H and O–H groups in total. The first-order chi connectivity index (χ1) is 5.66.